The maximum atomic E-state index is 11.7. The van der Waals surface area contributed by atoms with E-state index in [1.807, 2.05) is 0 Å². The number of carboxylic acids is 1. The number of hydrogen-bond donors (Lipinski definition) is 1. The zero-order chi connectivity index (χ0) is 14.5. The summed E-state index contributed by atoms with van der Waals surface area (Å²) in [5.74, 6) is -1.14. The van der Waals surface area contributed by atoms with Crippen molar-refractivity contribution in [3.8, 4) is 11.3 Å². The maximum Gasteiger partial charge on any atom is 0.360 e. The van der Waals surface area contributed by atoms with Crippen LogP contribution >= 0.6 is 0 Å². The Bertz CT molecular complexity index is 615. The van der Waals surface area contributed by atoms with Gasteiger partial charge in [-0.2, -0.15) is 0 Å². The van der Waals surface area contributed by atoms with Crippen molar-refractivity contribution >= 4 is 11.9 Å². The average Bonchev–Trinajstić information content (AvgIpc) is 2.88. The van der Waals surface area contributed by atoms with Crippen LogP contribution in [0.15, 0.2) is 35.1 Å². The number of nitrogens with zero attached hydrogens (tertiary/aromatic N) is 1. The Labute approximate surface area is 115 Å². The van der Waals surface area contributed by atoms with Crippen molar-refractivity contribution < 1.29 is 23.8 Å². The summed E-state index contributed by atoms with van der Waals surface area (Å²) in [6, 6.07) is 6.70. The number of benzene rings is 1. The Morgan fingerprint density at radius 2 is 2.00 bits per heavy atom. The van der Waals surface area contributed by atoms with Crippen LogP contribution in [0.5, 0.6) is 0 Å². The molecule has 2 aromatic rings. The molecule has 6 nitrogen and oxygen atoms in total. The number of oxazole rings is 1. The molecule has 0 aliphatic heterocycles. The van der Waals surface area contributed by atoms with Gasteiger partial charge in [-0.25, -0.2) is 9.78 Å². The van der Waals surface area contributed by atoms with Gasteiger partial charge < -0.3 is 14.3 Å². The van der Waals surface area contributed by atoms with Gasteiger partial charge in [0.05, 0.1) is 13.0 Å². The zero-order valence-corrected chi connectivity index (χ0v) is 10.8. The highest BCUT2D eigenvalue weighted by Crippen LogP contribution is 2.24. The minimum absolute atomic E-state index is 0.0541. The first-order chi connectivity index (χ1) is 9.61. The monoisotopic (exact) mass is 275 g/mol. The van der Waals surface area contributed by atoms with E-state index < -0.39 is 11.9 Å². The molecule has 0 bridgehead atoms. The van der Waals surface area contributed by atoms with Gasteiger partial charge in [-0.15, -0.1) is 0 Å². The summed E-state index contributed by atoms with van der Waals surface area (Å²) >= 11 is 0. The highest BCUT2D eigenvalue weighted by atomic mass is 16.5. The molecule has 2 rings (SSSR count). The molecule has 0 spiro atoms. The fraction of sp³-hybridized carbons (Fsp3) is 0.214. The van der Waals surface area contributed by atoms with Gasteiger partial charge in [-0.05, 0) is 12.5 Å². The lowest BCUT2D eigenvalue weighted by Gasteiger charge is -2.02. The van der Waals surface area contributed by atoms with Gasteiger partial charge in [0.25, 0.3) is 0 Å². The maximum absolute atomic E-state index is 11.7. The summed E-state index contributed by atoms with van der Waals surface area (Å²) in [4.78, 5) is 26.1. The first-order valence-corrected chi connectivity index (χ1v) is 6.03. The van der Waals surface area contributed by atoms with Crippen LogP contribution in [0.3, 0.4) is 0 Å². The quantitative estimate of drug-likeness (QED) is 0.841. The van der Waals surface area contributed by atoms with Crippen molar-refractivity contribution in [1.82, 2.24) is 4.98 Å². The van der Waals surface area contributed by atoms with E-state index in [9.17, 15) is 9.59 Å². The molecule has 1 heterocycles. The van der Waals surface area contributed by atoms with E-state index in [1.165, 1.54) is 6.39 Å². The largest absolute Gasteiger partial charge is 0.481 e. The van der Waals surface area contributed by atoms with Gasteiger partial charge in [-0.1, -0.05) is 24.3 Å². The summed E-state index contributed by atoms with van der Waals surface area (Å²) in [7, 11) is 0. The van der Waals surface area contributed by atoms with Crippen molar-refractivity contribution in [2.45, 2.75) is 13.3 Å². The lowest BCUT2D eigenvalue weighted by molar-refractivity contribution is -0.136. The van der Waals surface area contributed by atoms with Gasteiger partial charge in [0.2, 0.25) is 0 Å². The second-order valence-electron chi connectivity index (χ2n) is 4.02. The summed E-state index contributed by atoms with van der Waals surface area (Å²) in [5, 5.41) is 8.71. The number of aliphatic carboxylic acids is 1. The van der Waals surface area contributed by atoms with Crippen molar-refractivity contribution in [2.24, 2.45) is 0 Å². The van der Waals surface area contributed by atoms with Crippen molar-refractivity contribution in [3.05, 3.63) is 41.9 Å². The highest BCUT2D eigenvalue weighted by molar-refractivity contribution is 5.93. The summed E-state index contributed by atoms with van der Waals surface area (Å²) in [5.41, 5.74) is 1.41. The molecule has 1 N–H and O–H groups in total. The topological polar surface area (TPSA) is 89.6 Å². The number of carboxylic acid groups (broad SMARTS) is 1. The van der Waals surface area contributed by atoms with Crippen LogP contribution in [0.2, 0.25) is 0 Å². The lowest BCUT2D eigenvalue weighted by atomic mass is 10.1. The number of esters is 1. The third-order valence-electron chi connectivity index (χ3n) is 2.61. The number of carbonyl (C=O) groups is 2. The van der Waals surface area contributed by atoms with Crippen molar-refractivity contribution in [1.29, 1.82) is 0 Å². The molecule has 0 saturated heterocycles. The Balaban J connectivity index is 2.26. The molecule has 20 heavy (non-hydrogen) atoms. The number of carbonyl (C=O) groups excluding carboxylic acids is 1. The molecule has 0 aliphatic rings. The van der Waals surface area contributed by atoms with Crippen LogP contribution in [-0.2, 0) is 16.0 Å². The van der Waals surface area contributed by atoms with E-state index in [-0.39, 0.29) is 18.7 Å². The van der Waals surface area contributed by atoms with Gasteiger partial charge in [0.1, 0.15) is 0 Å². The van der Waals surface area contributed by atoms with E-state index in [1.54, 1.807) is 31.2 Å². The molecule has 0 saturated carbocycles. The molecule has 0 atom stereocenters. The molecule has 1 aromatic heterocycles. The second kappa shape index (κ2) is 6.01. The molecular formula is C14H13NO5. The number of ether oxygens (including phenoxy) is 1. The molecule has 0 fully saturated rings. The fourth-order valence-electron chi connectivity index (χ4n) is 1.74. The van der Waals surface area contributed by atoms with E-state index in [2.05, 4.69) is 4.98 Å². The Morgan fingerprint density at radius 3 is 2.60 bits per heavy atom. The third kappa shape index (κ3) is 3.03. The van der Waals surface area contributed by atoms with E-state index >= 15 is 0 Å². The van der Waals surface area contributed by atoms with Crippen LogP contribution in [0.25, 0.3) is 11.3 Å². The number of rotatable bonds is 5. The Kier molecular flexibility index (Phi) is 4.14. The normalized spacial score (nSPS) is 10.2. The minimum Gasteiger partial charge on any atom is -0.481 e. The fourth-order valence-corrected chi connectivity index (χ4v) is 1.74. The van der Waals surface area contributed by atoms with Crippen LogP contribution in [0.1, 0.15) is 23.0 Å². The van der Waals surface area contributed by atoms with Gasteiger partial charge in [0.15, 0.2) is 17.8 Å². The Morgan fingerprint density at radius 1 is 1.30 bits per heavy atom. The molecule has 1 aromatic carbocycles. The van der Waals surface area contributed by atoms with Gasteiger partial charge in [-0.3, -0.25) is 4.79 Å². The Hall–Kier alpha value is -2.63. The standard InChI is InChI=1S/C14H13NO5/c1-2-19-14(18)12-13(20-8-15-12)10-5-3-9(4-6-10)7-11(16)17/h3-6,8H,2,7H2,1H3,(H,16,17). The molecular weight excluding hydrogens is 262 g/mol. The highest BCUT2D eigenvalue weighted by Gasteiger charge is 2.19. The molecule has 104 valence electrons. The molecule has 0 unspecified atom stereocenters. The van der Waals surface area contributed by atoms with E-state index in [0.717, 1.165) is 0 Å². The average molecular weight is 275 g/mol. The first kappa shape index (κ1) is 13.8. The molecule has 0 amide bonds. The predicted octanol–water partition coefficient (Wildman–Crippen LogP) is 2.15. The van der Waals surface area contributed by atoms with Crippen LogP contribution in [-0.4, -0.2) is 28.6 Å². The van der Waals surface area contributed by atoms with Crippen LogP contribution in [0, 0.1) is 0 Å². The minimum atomic E-state index is -0.898. The van der Waals surface area contributed by atoms with E-state index in [4.69, 9.17) is 14.3 Å². The zero-order valence-electron chi connectivity index (χ0n) is 10.8. The molecule has 0 radical (unpaired) electrons. The van der Waals surface area contributed by atoms with Gasteiger partial charge in [0, 0.05) is 5.56 Å². The third-order valence-corrected chi connectivity index (χ3v) is 2.61. The molecule has 6 heteroatoms. The predicted molar refractivity (Wildman–Crippen MR) is 69.2 cm³/mol. The SMILES string of the molecule is CCOC(=O)c1ncoc1-c1ccc(CC(=O)O)cc1. The lowest BCUT2D eigenvalue weighted by Crippen LogP contribution is -2.06. The second-order valence-corrected chi connectivity index (χ2v) is 4.02. The van der Waals surface area contributed by atoms with Crippen molar-refractivity contribution in [2.75, 3.05) is 6.61 Å². The number of hydrogen-bond acceptors (Lipinski definition) is 5. The van der Waals surface area contributed by atoms with Crippen molar-refractivity contribution in [3.63, 3.8) is 0 Å². The van der Waals surface area contributed by atoms with Gasteiger partial charge >= 0.3 is 11.9 Å². The van der Waals surface area contributed by atoms with E-state index in [0.29, 0.717) is 16.9 Å². The smallest absolute Gasteiger partial charge is 0.360 e. The van der Waals surface area contributed by atoms with Crippen LogP contribution in [0.4, 0.5) is 0 Å². The summed E-state index contributed by atoms with van der Waals surface area (Å²) < 4.78 is 10.1. The van der Waals surface area contributed by atoms with Crippen LogP contribution < -0.4 is 0 Å². The number of aromatic nitrogens is 1. The summed E-state index contributed by atoms with van der Waals surface area (Å²) in [6.45, 7) is 1.96. The molecule has 0 aliphatic carbocycles. The summed E-state index contributed by atoms with van der Waals surface area (Å²) in [6.07, 6.45) is 1.12. The first-order valence-electron chi connectivity index (χ1n) is 6.03.